The van der Waals surface area contributed by atoms with E-state index >= 15 is 0 Å². The highest BCUT2D eigenvalue weighted by Crippen LogP contribution is 2.25. The maximum absolute atomic E-state index is 5.25. The Hall–Kier alpha value is -0.0800. The summed E-state index contributed by atoms with van der Waals surface area (Å²) in [6.45, 7) is 1.87. The topological polar surface area (TPSA) is 18.5 Å². The molecule has 2 heteroatoms. The van der Waals surface area contributed by atoms with Gasteiger partial charge in [0.1, 0.15) is 0 Å². The summed E-state index contributed by atoms with van der Waals surface area (Å²) >= 11 is 0. The fraction of sp³-hybridized carbons (Fsp3) is 1.00. The van der Waals surface area contributed by atoms with E-state index in [1.165, 1.54) is 6.42 Å². The second-order valence-corrected chi connectivity index (χ2v) is 2.54. The summed E-state index contributed by atoms with van der Waals surface area (Å²) < 4.78 is 10.5. The van der Waals surface area contributed by atoms with E-state index in [2.05, 4.69) is 0 Å². The molecule has 0 atom stereocenters. The van der Waals surface area contributed by atoms with Crippen molar-refractivity contribution in [2.45, 2.75) is 19.1 Å². The Morgan fingerprint density at radius 1 is 1.00 bits per heavy atom. The van der Waals surface area contributed by atoms with Crippen molar-refractivity contribution >= 4 is 0 Å². The van der Waals surface area contributed by atoms with Crippen LogP contribution < -0.4 is 0 Å². The fourth-order valence-electron chi connectivity index (χ4n) is 1.29. The summed E-state index contributed by atoms with van der Waals surface area (Å²) in [6, 6.07) is 0. The molecule has 0 aliphatic carbocycles. The van der Waals surface area contributed by atoms with Crippen LogP contribution in [-0.4, -0.2) is 19.5 Å². The molecule has 8 heavy (non-hydrogen) atoms. The second-order valence-electron chi connectivity index (χ2n) is 2.54. The Labute approximate surface area is 48.8 Å². The molecule has 0 unspecified atom stereocenters. The number of ether oxygens (including phenoxy) is 2. The average molecular weight is 114 g/mol. The second kappa shape index (κ2) is 1.71. The molecule has 2 bridgehead atoms. The third-order valence-electron chi connectivity index (χ3n) is 1.85. The van der Waals surface area contributed by atoms with E-state index in [1.807, 2.05) is 0 Å². The van der Waals surface area contributed by atoms with Gasteiger partial charge in [0.15, 0.2) is 6.29 Å². The summed E-state index contributed by atoms with van der Waals surface area (Å²) in [5.74, 6) is 0.708. The van der Waals surface area contributed by atoms with Gasteiger partial charge < -0.3 is 9.47 Å². The van der Waals surface area contributed by atoms with Crippen LogP contribution in [-0.2, 0) is 9.47 Å². The predicted molar refractivity (Wildman–Crippen MR) is 28.4 cm³/mol. The van der Waals surface area contributed by atoms with Crippen LogP contribution in [0.5, 0.6) is 0 Å². The van der Waals surface area contributed by atoms with Crippen molar-refractivity contribution in [3.63, 3.8) is 0 Å². The zero-order valence-corrected chi connectivity index (χ0v) is 4.80. The first-order chi connectivity index (χ1) is 3.95. The normalized spacial score (nSPS) is 45.0. The van der Waals surface area contributed by atoms with Crippen molar-refractivity contribution in [3.05, 3.63) is 0 Å². The molecule has 0 N–H and O–H groups in total. The van der Waals surface area contributed by atoms with Crippen LogP contribution in [0.4, 0.5) is 0 Å². The highest BCUT2D eigenvalue weighted by Gasteiger charge is 2.28. The maximum atomic E-state index is 5.25. The van der Waals surface area contributed by atoms with Gasteiger partial charge in [-0.25, -0.2) is 0 Å². The largest absolute Gasteiger partial charge is 0.352 e. The maximum Gasteiger partial charge on any atom is 0.157 e. The molecule has 3 aliphatic heterocycles. The Morgan fingerprint density at radius 2 is 1.75 bits per heavy atom. The van der Waals surface area contributed by atoms with E-state index in [0.717, 1.165) is 19.6 Å². The first-order valence-corrected chi connectivity index (χ1v) is 3.18. The van der Waals surface area contributed by atoms with Gasteiger partial charge in [0, 0.05) is 5.92 Å². The highest BCUT2D eigenvalue weighted by atomic mass is 16.7. The molecule has 3 aliphatic rings. The molecule has 0 saturated carbocycles. The van der Waals surface area contributed by atoms with Crippen LogP contribution in [0.2, 0.25) is 0 Å². The van der Waals surface area contributed by atoms with E-state index in [-0.39, 0.29) is 6.29 Å². The monoisotopic (exact) mass is 114 g/mol. The van der Waals surface area contributed by atoms with Gasteiger partial charge in [-0.05, 0) is 12.8 Å². The third-order valence-corrected chi connectivity index (χ3v) is 1.85. The van der Waals surface area contributed by atoms with Crippen LogP contribution in [0.15, 0.2) is 0 Å². The lowest BCUT2D eigenvalue weighted by Crippen LogP contribution is -2.38. The fourth-order valence-corrected chi connectivity index (χ4v) is 1.29. The van der Waals surface area contributed by atoms with Crippen LogP contribution in [0, 0.1) is 5.92 Å². The molecule has 3 rings (SSSR count). The number of hydrogen-bond acceptors (Lipinski definition) is 2. The zero-order chi connectivity index (χ0) is 5.40. The predicted octanol–water partition coefficient (Wildman–Crippen LogP) is 0.769. The van der Waals surface area contributed by atoms with Crippen LogP contribution in [0.1, 0.15) is 12.8 Å². The van der Waals surface area contributed by atoms with Crippen molar-refractivity contribution in [3.8, 4) is 0 Å². The quantitative estimate of drug-likeness (QED) is 0.463. The van der Waals surface area contributed by atoms with E-state index in [0.29, 0.717) is 5.92 Å². The molecule has 0 aromatic rings. The first kappa shape index (κ1) is 4.77. The van der Waals surface area contributed by atoms with Gasteiger partial charge in [-0.15, -0.1) is 0 Å². The van der Waals surface area contributed by atoms with Crippen molar-refractivity contribution in [2.75, 3.05) is 13.2 Å². The van der Waals surface area contributed by atoms with Crippen molar-refractivity contribution in [1.29, 1.82) is 0 Å². The third kappa shape index (κ3) is 0.644. The van der Waals surface area contributed by atoms with Crippen LogP contribution in [0.3, 0.4) is 0 Å². The van der Waals surface area contributed by atoms with Gasteiger partial charge >= 0.3 is 0 Å². The van der Waals surface area contributed by atoms with Gasteiger partial charge in [-0.1, -0.05) is 0 Å². The summed E-state index contributed by atoms with van der Waals surface area (Å²) in [4.78, 5) is 0. The Kier molecular flexibility index (Phi) is 1.02. The van der Waals surface area contributed by atoms with Gasteiger partial charge in [-0.2, -0.15) is 0 Å². The average Bonchev–Trinajstić information content (AvgIpc) is 1.92. The minimum absolute atomic E-state index is 0.153. The van der Waals surface area contributed by atoms with Gasteiger partial charge in [0.05, 0.1) is 13.2 Å². The summed E-state index contributed by atoms with van der Waals surface area (Å²) in [6.07, 6.45) is 2.58. The number of fused-ring (bicyclic) bond motifs is 3. The number of rotatable bonds is 0. The van der Waals surface area contributed by atoms with Crippen LogP contribution >= 0.6 is 0 Å². The lowest BCUT2D eigenvalue weighted by molar-refractivity contribution is -0.234. The smallest absolute Gasteiger partial charge is 0.157 e. The summed E-state index contributed by atoms with van der Waals surface area (Å²) in [5, 5.41) is 0. The van der Waals surface area contributed by atoms with Crippen LogP contribution in [0.25, 0.3) is 0 Å². The molecule has 3 saturated heterocycles. The Bertz CT molecular complexity index is 61.5. The molecule has 0 spiro atoms. The molecule has 0 amide bonds. The van der Waals surface area contributed by atoms with Gasteiger partial charge in [0.2, 0.25) is 0 Å². The van der Waals surface area contributed by atoms with Crippen molar-refractivity contribution < 1.29 is 9.47 Å². The van der Waals surface area contributed by atoms with Gasteiger partial charge in [0.25, 0.3) is 0 Å². The summed E-state index contributed by atoms with van der Waals surface area (Å²) in [5.41, 5.74) is 0. The molecular weight excluding hydrogens is 104 g/mol. The minimum atomic E-state index is 0.153. The highest BCUT2D eigenvalue weighted by molar-refractivity contribution is 4.70. The van der Waals surface area contributed by atoms with Crippen molar-refractivity contribution in [2.24, 2.45) is 5.92 Å². The van der Waals surface area contributed by atoms with Crippen molar-refractivity contribution in [1.82, 2.24) is 0 Å². The molecule has 3 fully saturated rings. The lowest BCUT2D eigenvalue weighted by Gasteiger charge is -2.35. The van der Waals surface area contributed by atoms with E-state index in [9.17, 15) is 0 Å². The molecular formula is C6H10O2. The van der Waals surface area contributed by atoms with E-state index in [4.69, 9.17) is 9.47 Å². The summed E-state index contributed by atoms with van der Waals surface area (Å²) in [7, 11) is 0. The first-order valence-electron chi connectivity index (χ1n) is 3.18. The van der Waals surface area contributed by atoms with E-state index in [1.54, 1.807) is 0 Å². The molecule has 46 valence electrons. The molecule has 2 nitrogen and oxygen atoms in total. The Balaban J connectivity index is 2.03. The molecule has 0 aromatic heterocycles. The number of hydrogen-bond donors (Lipinski definition) is 0. The van der Waals surface area contributed by atoms with Gasteiger partial charge in [-0.3, -0.25) is 0 Å². The molecule has 3 heterocycles. The molecule has 0 radical (unpaired) electrons. The SMILES string of the molecule is C1CC2OCC1CO2. The standard InChI is InChI=1S/C6H10O2/c1-2-6-7-3-5(1)4-8-6/h5-6H,1-4H2. The molecule has 0 aromatic carbocycles. The van der Waals surface area contributed by atoms with E-state index < -0.39 is 0 Å². The zero-order valence-electron chi connectivity index (χ0n) is 4.80. The minimum Gasteiger partial charge on any atom is -0.352 e. The Morgan fingerprint density at radius 3 is 1.88 bits per heavy atom. The lowest BCUT2D eigenvalue weighted by atomic mass is 10.0.